The molecule has 1 aromatic rings. The van der Waals surface area contributed by atoms with Crippen molar-refractivity contribution in [1.82, 2.24) is 4.90 Å². The molecule has 0 aliphatic rings. The van der Waals surface area contributed by atoms with Crippen LogP contribution in [0, 0.1) is 13.8 Å². The Bertz CT molecular complexity index is 425. The smallest absolute Gasteiger partial charge is 0.304 e. The zero-order valence-corrected chi connectivity index (χ0v) is 12.4. The summed E-state index contributed by atoms with van der Waals surface area (Å²) in [7, 11) is 0. The molecule has 19 heavy (non-hydrogen) atoms. The second kappa shape index (κ2) is 7.29. The maximum atomic E-state index is 11.1. The Labute approximate surface area is 116 Å². The Morgan fingerprint density at radius 1 is 1.26 bits per heavy atom. The molecule has 1 atom stereocenters. The molecule has 0 radical (unpaired) electrons. The summed E-state index contributed by atoms with van der Waals surface area (Å²) in [5, 5.41) is 9.10. The molecule has 0 spiro atoms. The normalized spacial score (nSPS) is 12.7. The van der Waals surface area contributed by atoms with Crippen molar-refractivity contribution in [2.45, 2.75) is 46.6 Å². The van der Waals surface area contributed by atoms with Gasteiger partial charge in [-0.05, 0) is 44.5 Å². The van der Waals surface area contributed by atoms with Gasteiger partial charge >= 0.3 is 5.97 Å². The van der Waals surface area contributed by atoms with Crippen LogP contribution in [0.1, 0.15) is 37.0 Å². The lowest BCUT2D eigenvalue weighted by Crippen LogP contribution is -2.38. The van der Waals surface area contributed by atoms with Crippen LogP contribution in [0.25, 0.3) is 0 Å². The molecule has 0 amide bonds. The highest BCUT2D eigenvalue weighted by Gasteiger charge is 2.20. The lowest BCUT2D eigenvalue weighted by atomic mass is 9.96. The monoisotopic (exact) mass is 263 g/mol. The Hall–Kier alpha value is -1.35. The summed E-state index contributed by atoms with van der Waals surface area (Å²) in [6.45, 7) is 10.1. The summed E-state index contributed by atoms with van der Waals surface area (Å²) in [5.74, 6) is -0.720. The maximum Gasteiger partial charge on any atom is 0.304 e. The second-order valence-electron chi connectivity index (χ2n) is 5.11. The van der Waals surface area contributed by atoms with Gasteiger partial charge in [0, 0.05) is 6.04 Å². The molecular weight excluding hydrogens is 238 g/mol. The number of rotatable bonds is 7. The highest BCUT2D eigenvalue weighted by atomic mass is 16.4. The van der Waals surface area contributed by atoms with Crippen LogP contribution in [-0.2, 0) is 11.2 Å². The van der Waals surface area contributed by atoms with Gasteiger partial charge in [0.15, 0.2) is 0 Å². The number of carboxylic acids is 1. The van der Waals surface area contributed by atoms with Crippen molar-refractivity contribution in [3.05, 3.63) is 34.9 Å². The summed E-state index contributed by atoms with van der Waals surface area (Å²) in [6.07, 6.45) is 1.01. The molecule has 106 valence electrons. The van der Waals surface area contributed by atoms with Crippen LogP contribution in [0.15, 0.2) is 18.2 Å². The number of nitrogens with zero attached hydrogens (tertiary/aromatic N) is 1. The van der Waals surface area contributed by atoms with Gasteiger partial charge in [-0.25, -0.2) is 0 Å². The summed E-state index contributed by atoms with van der Waals surface area (Å²) >= 11 is 0. The molecule has 3 nitrogen and oxygen atoms in total. The second-order valence-corrected chi connectivity index (χ2v) is 5.11. The van der Waals surface area contributed by atoms with Crippen LogP contribution in [0.2, 0.25) is 0 Å². The molecule has 0 bridgehead atoms. The molecular formula is C16H25NO2. The van der Waals surface area contributed by atoms with Crippen LogP contribution < -0.4 is 0 Å². The summed E-state index contributed by atoms with van der Waals surface area (Å²) in [5.41, 5.74) is 3.74. The molecule has 0 fully saturated rings. The third-order valence-electron chi connectivity index (χ3n) is 3.70. The number of benzene rings is 1. The van der Waals surface area contributed by atoms with E-state index >= 15 is 0 Å². The average Bonchev–Trinajstić information content (AvgIpc) is 2.34. The largest absolute Gasteiger partial charge is 0.481 e. The standard InChI is InChI=1S/C16H25NO2/c1-5-17(6-2)15(11-16(18)19)10-14-9-12(3)7-8-13(14)4/h7-9,15H,5-6,10-11H2,1-4H3,(H,18,19). The molecule has 1 aromatic carbocycles. The van der Waals surface area contributed by atoms with E-state index in [9.17, 15) is 4.79 Å². The third kappa shape index (κ3) is 4.67. The van der Waals surface area contributed by atoms with Crippen molar-refractivity contribution in [3.8, 4) is 0 Å². The summed E-state index contributed by atoms with van der Waals surface area (Å²) in [4.78, 5) is 13.3. The fourth-order valence-electron chi connectivity index (χ4n) is 2.55. The SMILES string of the molecule is CCN(CC)C(CC(=O)O)Cc1cc(C)ccc1C. The predicted molar refractivity (Wildman–Crippen MR) is 78.6 cm³/mol. The first-order valence-corrected chi connectivity index (χ1v) is 6.99. The van der Waals surface area contributed by atoms with Gasteiger partial charge in [0.2, 0.25) is 0 Å². The Morgan fingerprint density at radius 2 is 1.89 bits per heavy atom. The molecule has 1 unspecified atom stereocenters. The number of carboxylic acid groups (broad SMARTS) is 1. The number of hydrogen-bond donors (Lipinski definition) is 1. The summed E-state index contributed by atoms with van der Waals surface area (Å²) < 4.78 is 0. The minimum atomic E-state index is -0.720. The first kappa shape index (κ1) is 15.7. The molecule has 0 aliphatic heterocycles. The van der Waals surface area contributed by atoms with Gasteiger partial charge < -0.3 is 10.0 Å². The predicted octanol–water partition coefficient (Wildman–Crippen LogP) is 3.03. The maximum absolute atomic E-state index is 11.1. The van der Waals surface area contributed by atoms with Crippen molar-refractivity contribution in [3.63, 3.8) is 0 Å². The van der Waals surface area contributed by atoms with Gasteiger partial charge in [-0.1, -0.05) is 37.6 Å². The van der Waals surface area contributed by atoms with Crippen molar-refractivity contribution in [2.75, 3.05) is 13.1 Å². The number of likely N-dealkylation sites (N-methyl/N-ethyl adjacent to an activating group) is 1. The van der Waals surface area contributed by atoms with Gasteiger partial charge in [0.1, 0.15) is 0 Å². The molecule has 1 N–H and O–H groups in total. The van der Waals surface area contributed by atoms with Gasteiger partial charge in [0.25, 0.3) is 0 Å². The van der Waals surface area contributed by atoms with E-state index in [-0.39, 0.29) is 12.5 Å². The Balaban J connectivity index is 2.92. The van der Waals surface area contributed by atoms with E-state index in [0.717, 1.165) is 19.5 Å². The van der Waals surface area contributed by atoms with E-state index in [1.165, 1.54) is 16.7 Å². The van der Waals surface area contributed by atoms with E-state index in [1.54, 1.807) is 0 Å². The molecule has 1 rings (SSSR count). The lowest BCUT2D eigenvalue weighted by Gasteiger charge is -2.29. The van der Waals surface area contributed by atoms with Gasteiger partial charge in [-0.2, -0.15) is 0 Å². The van der Waals surface area contributed by atoms with Crippen molar-refractivity contribution in [2.24, 2.45) is 0 Å². The molecule has 0 aromatic heterocycles. The van der Waals surface area contributed by atoms with Crippen LogP contribution in [0.4, 0.5) is 0 Å². The topological polar surface area (TPSA) is 40.5 Å². The molecule has 0 heterocycles. The number of carbonyl (C=O) groups is 1. The number of hydrogen-bond acceptors (Lipinski definition) is 2. The lowest BCUT2D eigenvalue weighted by molar-refractivity contribution is -0.138. The van der Waals surface area contributed by atoms with Crippen molar-refractivity contribution < 1.29 is 9.90 Å². The van der Waals surface area contributed by atoms with Crippen LogP contribution in [-0.4, -0.2) is 35.1 Å². The molecule has 0 aliphatic carbocycles. The van der Waals surface area contributed by atoms with Gasteiger partial charge in [-0.3, -0.25) is 4.79 Å². The highest BCUT2D eigenvalue weighted by Crippen LogP contribution is 2.17. The fourth-order valence-corrected chi connectivity index (χ4v) is 2.55. The minimum absolute atomic E-state index is 0.0769. The quantitative estimate of drug-likeness (QED) is 0.822. The van der Waals surface area contributed by atoms with E-state index < -0.39 is 5.97 Å². The first-order chi connectivity index (χ1) is 8.97. The summed E-state index contributed by atoms with van der Waals surface area (Å²) in [6, 6.07) is 6.47. The molecule has 0 saturated heterocycles. The minimum Gasteiger partial charge on any atom is -0.481 e. The number of aryl methyl sites for hydroxylation is 2. The van der Waals surface area contributed by atoms with Gasteiger partial charge in [-0.15, -0.1) is 0 Å². The van der Waals surface area contributed by atoms with E-state index in [1.807, 2.05) is 0 Å². The zero-order chi connectivity index (χ0) is 14.4. The van der Waals surface area contributed by atoms with Crippen LogP contribution in [0.3, 0.4) is 0 Å². The molecule has 3 heteroatoms. The Morgan fingerprint density at radius 3 is 2.42 bits per heavy atom. The zero-order valence-electron chi connectivity index (χ0n) is 12.4. The van der Waals surface area contributed by atoms with E-state index in [0.29, 0.717) is 0 Å². The van der Waals surface area contributed by atoms with Crippen molar-refractivity contribution >= 4 is 5.97 Å². The van der Waals surface area contributed by atoms with E-state index in [2.05, 4.69) is 50.8 Å². The van der Waals surface area contributed by atoms with Crippen molar-refractivity contribution in [1.29, 1.82) is 0 Å². The average molecular weight is 263 g/mol. The first-order valence-electron chi connectivity index (χ1n) is 6.99. The van der Waals surface area contributed by atoms with Crippen LogP contribution >= 0.6 is 0 Å². The molecule has 0 saturated carbocycles. The fraction of sp³-hybridized carbons (Fsp3) is 0.562. The highest BCUT2D eigenvalue weighted by molar-refractivity contribution is 5.67. The van der Waals surface area contributed by atoms with Gasteiger partial charge in [0.05, 0.1) is 6.42 Å². The Kier molecular flexibility index (Phi) is 6.03. The van der Waals surface area contributed by atoms with E-state index in [4.69, 9.17) is 5.11 Å². The number of aliphatic carboxylic acids is 1. The van der Waals surface area contributed by atoms with Crippen LogP contribution in [0.5, 0.6) is 0 Å². The third-order valence-corrected chi connectivity index (χ3v) is 3.70.